The summed E-state index contributed by atoms with van der Waals surface area (Å²) in [4.78, 5) is 13.5. The van der Waals surface area contributed by atoms with Crippen LogP contribution in [0.4, 0.5) is 0 Å². The van der Waals surface area contributed by atoms with Gasteiger partial charge in [0.05, 0.1) is 11.5 Å². The standard InChI is InChI=1S/C20H32O5/c1-11(2)10-15-20(24)13(4)14-7-6-12(3)19(14,23)17(22)16(20)18(5,25-15)8-9-21/h10,12-16,21,23-24H,6-9H2,1-5H3/t12-,13-,14-,15+,16+,18-,19+,20-/m1/s1. The van der Waals surface area contributed by atoms with Crippen LogP contribution in [-0.2, 0) is 9.53 Å². The summed E-state index contributed by atoms with van der Waals surface area (Å²) in [6.45, 7) is 9.38. The Kier molecular flexibility index (Phi) is 4.47. The lowest BCUT2D eigenvalue weighted by Crippen LogP contribution is -2.69. The van der Waals surface area contributed by atoms with Gasteiger partial charge in [0.15, 0.2) is 5.78 Å². The predicted octanol–water partition coefficient (Wildman–Crippen LogP) is 1.84. The van der Waals surface area contributed by atoms with Crippen LogP contribution >= 0.6 is 0 Å². The maximum atomic E-state index is 13.5. The van der Waals surface area contributed by atoms with Crippen LogP contribution in [0.15, 0.2) is 11.6 Å². The second kappa shape index (κ2) is 5.88. The van der Waals surface area contributed by atoms with E-state index in [1.54, 1.807) is 6.92 Å². The van der Waals surface area contributed by atoms with Crippen LogP contribution in [0.5, 0.6) is 0 Å². The Morgan fingerprint density at radius 1 is 1.28 bits per heavy atom. The van der Waals surface area contributed by atoms with Crippen molar-refractivity contribution in [2.24, 2.45) is 23.7 Å². The van der Waals surface area contributed by atoms with E-state index < -0.39 is 28.8 Å². The molecule has 0 aromatic carbocycles. The molecule has 142 valence electrons. The van der Waals surface area contributed by atoms with E-state index in [1.165, 1.54) is 0 Å². The summed E-state index contributed by atoms with van der Waals surface area (Å²) in [6.07, 6.45) is 3.03. The fourth-order valence-corrected chi connectivity index (χ4v) is 5.86. The number of Topliss-reactive ketones (excluding diaryl/α,β-unsaturated/α-hetero) is 1. The molecule has 0 amide bonds. The van der Waals surface area contributed by atoms with E-state index in [-0.39, 0.29) is 36.6 Å². The smallest absolute Gasteiger partial charge is 0.173 e. The third-order valence-electron chi connectivity index (χ3n) is 7.24. The van der Waals surface area contributed by atoms with Crippen molar-refractivity contribution < 1.29 is 24.9 Å². The average molecular weight is 352 g/mol. The Morgan fingerprint density at radius 2 is 1.92 bits per heavy atom. The van der Waals surface area contributed by atoms with Gasteiger partial charge in [0.25, 0.3) is 0 Å². The zero-order valence-electron chi connectivity index (χ0n) is 16.0. The van der Waals surface area contributed by atoms with Gasteiger partial charge in [-0.3, -0.25) is 4.79 Å². The van der Waals surface area contributed by atoms with Gasteiger partial charge < -0.3 is 20.1 Å². The van der Waals surface area contributed by atoms with E-state index in [4.69, 9.17) is 4.74 Å². The van der Waals surface area contributed by atoms with E-state index in [9.17, 15) is 20.1 Å². The van der Waals surface area contributed by atoms with Gasteiger partial charge in [0.1, 0.15) is 17.3 Å². The highest BCUT2D eigenvalue weighted by Crippen LogP contribution is 2.62. The SMILES string of the molecule is CC(C)=C[C@@H]1O[C@](C)(CCO)[C@@H]2C(=O)[C@]3(O)[C@H](C)CC[C@@H]3[C@@H](C)[C@@]12O. The molecule has 0 radical (unpaired) electrons. The molecule has 8 atom stereocenters. The van der Waals surface area contributed by atoms with Crippen molar-refractivity contribution in [3.63, 3.8) is 0 Å². The fraction of sp³-hybridized carbons (Fsp3) is 0.850. The normalized spacial score (nSPS) is 52.0. The van der Waals surface area contributed by atoms with Crippen LogP contribution in [0.2, 0.25) is 0 Å². The Bertz CT molecular complexity index is 597. The average Bonchev–Trinajstić information content (AvgIpc) is 2.92. The van der Waals surface area contributed by atoms with Crippen molar-refractivity contribution in [2.45, 2.75) is 76.8 Å². The number of aliphatic hydroxyl groups excluding tert-OH is 1. The maximum absolute atomic E-state index is 13.5. The summed E-state index contributed by atoms with van der Waals surface area (Å²) >= 11 is 0. The molecular weight excluding hydrogens is 320 g/mol. The van der Waals surface area contributed by atoms with Gasteiger partial charge in [0.2, 0.25) is 0 Å². The molecule has 3 fully saturated rings. The van der Waals surface area contributed by atoms with Crippen LogP contribution in [0.1, 0.15) is 53.9 Å². The quantitative estimate of drug-likeness (QED) is 0.675. The first-order chi connectivity index (χ1) is 11.5. The molecule has 3 rings (SSSR count). The van der Waals surface area contributed by atoms with Crippen molar-refractivity contribution in [3.8, 4) is 0 Å². The number of carbonyl (C=O) groups is 1. The second-order valence-electron chi connectivity index (χ2n) is 8.95. The molecule has 5 heteroatoms. The van der Waals surface area contributed by atoms with Crippen molar-refractivity contribution in [1.82, 2.24) is 0 Å². The molecule has 3 N–H and O–H groups in total. The molecule has 0 spiro atoms. The summed E-state index contributed by atoms with van der Waals surface area (Å²) < 4.78 is 6.22. The first-order valence-electron chi connectivity index (χ1n) is 9.46. The molecular formula is C20H32O5. The molecule has 0 aromatic rings. The number of ketones is 1. The molecule has 0 unspecified atom stereocenters. The van der Waals surface area contributed by atoms with Crippen LogP contribution in [0, 0.1) is 23.7 Å². The minimum atomic E-state index is -1.41. The summed E-state index contributed by atoms with van der Waals surface area (Å²) in [5.41, 5.74) is -2.75. The topological polar surface area (TPSA) is 87.0 Å². The van der Waals surface area contributed by atoms with E-state index in [2.05, 4.69) is 0 Å². The van der Waals surface area contributed by atoms with Crippen molar-refractivity contribution in [3.05, 3.63) is 11.6 Å². The highest BCUT2D eigenvalue weighted by atomic mass is 16.5. The lowest BCUT2D eigenvalue weighted by atomic mass is 9.53. The lowest BCUT2D eigenvalue weighted by Gasteiger charge is -2.52. The van der Waals surface area contributed by atoms with Gasteiger partial charge in [-0.15, -0.1) is 0 Å². The Labute approximate surface area is 150 Å². The van der Waals surface area contributed by atoms with Crippen LogP contribution in [0.25, 0.3) is 0 Å². The van der Waals surface area contributed by atoms with E-state index in [0.29, 0.717) is 0 Å². The van der Waals surface area contributed by atoms with Gasteiger partial charge >= 0.3 is 0 Å². The fourth-order valence-electron chi connectivity index (χ4n) is 5.86. The van der Waals surface area contributed by atoms with E-state index >= 15 is 0 Å². The molecule has 0 aromatic heterocycles. The molecule has 1 aliphatic heterocycles. The minimum Gasteiger partial charge on any atom is -0.396 e. The van der Waals surface area contributed by atoms with Gasteiger partial charge in [-0.2, -0.15) is 0 Å². The number of hydrogen-bond donors (Lipinski definition) is 3. The van der Waals surface area contributed by atoms with E-state index in [0.717, 1.165) is 18.4 Å². The first kappa shape index (κ1) is 19.0. The van der Waals surface area contributed by atoms with Crippen molar-refractivity contribution in [1.29, 1.82) is 0 Å². The molecule has 25 heavy (non-hydrogen) atoms. The number of hydrogen-bond acceptors (Lipinski definition) is 5. The largest absolute Gasteiger partial charge is 0.396 e. The second-order valence-corrected chi connectivity index (χ2v) is 8.95. The molecule has 5 nitrogen and oxygen atoms in total. The summed E-state index contributed by atoms with van der Waals surface area (Å²) in [5.74, 6) is -1.80. The lowest BCUT2D eigenvalue weighted by molar-refractivity contribution is -0.193. The third kappa shape index (κ3) is 2.32. The highest BCUT2D eigenvalue weighted by molar-refractivity contribution is 5.94. The molecule has 2 aliphatic carbocycles. The van der Waals surface area contributed by atoms with Crippen molar-refractivity contribution >= 4 is 5.78 Å². The Hall–Kier alpha value is -0.750. The minimum absolute atomic E-state index is 0.127. The molecule has 0 bridgehead atoms. The zero-order valence-corrected chi connectivity index (χ0v) is 16.0. The van der Waals surface area contributed by atoms with Gasteiger partial charge in [0, 0.05) is 18.9 Å². The Balaban J connectivity index is 2.17. The van der Waals surface area contributed by atoms with Crippen LogP contribution in [0.3, 0.4) is 0 Å². The molecule has 1 heterocycles. The zero-order chi connectivity index (χ0) is 18.8. The number of ether oxygens (including phenoxy) is 1. The first-order valence-corrected chi connectivity index (χ1v) is 9.46. The number of rotatable bonds is 3. The highest BCUT2D eigenvalue weighted by Gasteiger charge is 2.75. The Morgan fingerprint density at radius 3 is 2.48 bits per heavy atom. The van der Waals surface area contributed by atoms with Gasteiger partial charge in [-0.1, -0.05) is 25.5 Å². The molecule has 2 saturated carbocycles. The number of aliphatic hydroxyl groups is 3. The van der Waals surface area contributed by atoms with Gasteiger partial charge in [-0.25, -0.2) is 0 Å². The van der Waals surface area contributed by atoms with Gasteiger partial charge in [-0.05, 0) is 45.4 Å². The molecule has 1 saturated heterocycles. The van der Waals surface area contributed by atoms with E-state index in [1.807, 2.05) is 33.8 Å². The monoisotopic (exact) mass is 352 g/mol. The molecule has 3 aliphatic rings. The van der Waals surface area contributed by atoms with Crippen LogP contribution < -0.4 is 0 Å². The summed E-state index contributed by atoms with van der Waals surface area (Å²) in [5, 5.41) is 32.7. The number of fused-ring (bicyclic) bond motifs is 2. The summed E-state index contributed by atoms with van der Waals surface area (Å²) in [7, 11) is 0. The maximum Gasteiger partial charge on any atom is 0.173 e. The number of carbonyl (C=O) groups excluding carboxylic acids is 1. The van der Waals surface area contributed by atoms with Crippen LogP contribution in [-0.4, -0.2) is 50.6 Å². The predicted molar refractivity (Wildman–Crippen MR) is 93.9 cm³/mol. The number of allylic oxidation sites excluding steroid dienone is 1. The van der Waals surface area contributed by atoms with Crippen molar-refractivity contribution in [2.75, 3.05) is 6.61 Å². The summed E-state index contributed by atoms with van der Waals surface area (Å²) in [6, 6.07) is 0. The third-order valence-corrected chi connectivity index (χ3v) is 7.24.